The van der Waals surface area contributed by atoms with Crippen LogP contribution in [-0.2, 0) is 8.85 Å². The zero-order valence-electron chi connectivity index (χ0n) is 12.7. The zero-order valence-corrected chi connectivity index (χ0v) is 13.7. The Bertz CT molecular complexity index is 243. The molecular weight excluding hydrogens is 240 g/mol. The molecule has 0 saturated carbocycles. The van der Waals surface area contributed by atoms with Gasteiger partial charge in [-0.2, -0.15) is 0 Å². The molecule has 0 aliphatic carbocycles. The summed E-state index contributed by atoms with van der Waals surface area (Å²) in [6.07, 6.45) is 10.9. The molecule has 0 N–H and O–H groups in total. The molecule has 0 aliphatic heterocycles. The van der Waals surface area contributed by atoms with E-state index in [1.165, 1.54) is 0 Å². The van der Waals surface area contributed by atoms with Gasteiger partial charge in [0, 0.05) is 18.8 Å². The van der Waals surface area contributed by atoms with Gasteiger partial charge in [0.05, 0.1) is 0 Å². The quantitative estimate of drug-likeness (QED) is 0.418. The van der Waals surface area contributed by atoms with E-state index in [4.69, 9.17) is 8.85 Å². The molecule has 2 nitrogen and oxygen atoms in total. The van der Waals surface area contributed by atoms with Crippen LogP contribution in [0.5, 0.6) is 0 Å². The summed E-state index contributed by atoms with van der Waals surface area (Å²) in [6, 6.07) is 2.04. The van der Waals surface area contributed by atoms with Gasteiger partial charge in [0.25, 0.3) is 0 Å². The lowest BCUT2D eigenvalue weighted by molar-refractivity contribution is 0.129. The Morgan fingerprint density at radius 1 is 1.11 bits per heavy atom. The molecule has 0 radical (unpaired) electrons. The molecule has 0 aromatic heterocycles. The average molecular weight is 270 g/mol. The molecule has 18 heavy (non-hydrogen) atoms. The Morgan fingerprint density at radius 3 is 2.28 bits per heavy atom. The van der Waals surface area contributed by atoms with Gasteiger partial charge in [-0.25, -0.2) is 0 Å². The van der Waals surface area contributed by atoms with E-state index in [9.17, 15) is 0 Å². The highest BCUT2D eigenvalue weighted by atomic mass is 28.4. The van der Waals surface area contributed by atoms with Crippen LogP contribution >= 0.6 is 0 Å². The number of rotatable bonds is 10. The fraction of sp³-hybridized carbons (Fsp3) is 0.733. The van der Waals surface area contributed by atoms with Crippen molar-refractivity contribution in [3.05, 3.63) is 24.3 Å². The van der Waals surface area contributed by atoms with Crippen LogP contribution in [0.2, 0.25) is 12.1 Å². The summed E-state index contributed by atoms with van der Waals surface area (Å²) in [5, 5.41) is 0. The third-order valence-corrected chi connectivity index (χ3v) is 6.59. The van der Waals surface area contributed by atoms with Crippen molar-refractivity contribution in [2.75, 3.05) is 6.61 Å². The molecule has 0 aliphatic rings. The highest BCUT2D eigenvalue weighted by molar-refractivity contribution is 6.68. The zero-order chi connectivity index (χ0) is 13.9. The van der Waals surface area contributed by atoms with Gasteiger partial charge in [-0.1, -0.05) is 37.6 Å². The fourth-order valence-electron chi connectivity index (χ4n) is 2.06. The van der Waals surface area contributed by atoms with Gasteiger partial charge in [-0.15, -0.1) is 0 Å². The maximum Gasteiger partial charge on any atom is 0.342 e. The lowest BCUT2D eigenvalue weighted by Gasteiger charge is -2.32. The first-order valence-corrected chi connectivity index (χ1v) is 9.41. The van der Waals surface area contributed by atoms with E-state index in [0.717, 1.165) is 31.5 Å². The molecule has 3 heteroatoms. The summed E-state index contributed by atoms with van der Waals surface area (Å²) in [5.74, 6) is 0. The summed E-state index contributed by atoms with van der Waals surface area (Å²) >= 11 is 0. The molecule has 0 fully saturated rings. The summed E-state index contributed by atoms with van der Waals surface area (Å²) in [4.78, 5) is 0. The lowest BCUT2D eigenvalue weighted by atomic mass is 10.3. The van der Waals surface area contributed by atoms with Gasteiger partial charge in [0.2, 0.25) is 0 Å². The van der Waals surface area contributed by atoms with E-state index in [2.05, 4.69) is 52.0 Å². The molecule has 0 amide bonds. The molecule has 2 atom stereocenters. The highest BCUT2D eigenvalue weighted by Crippen LogP contribution is 2.24. The van der Waals surface area contributed by atoms with E-state index in [1.807, 2.05) is 6.92 Å². The minimum atomic E-state index is -2.05. The second-order valence-corrected chi connectivity index (χ2v) is 7.85. The van der Waals surface area contributed by atoms with Crippen LogP contribution in [0, 0.1) is 0 Å². The molecule has 0 bridgehead atoms. The van der Waals surface area contributed by atoms with Gasteiger partial charge < -0.3 is 8.85 Å². The molecule has 106 valence electrons. The van der Waals surface area contributed by atoms with Crippen LogP contribution in [-0.4, -0.2) is 21.3 Å². The maximum absolute atomic E-state index is 6.34. The van der Waals surface area contributed by atoms with Gasteiger partial charge in [0.15, 0.2) is 0 Å². The number of hydrogen-bond donors (Lipinski definition) is 0. The maximum atomic E-state index is 6.34. The monoisotopic (exact) mass is 270 g/mol. The molecule has 0 saturated heterocycles. The largest absolute Gasteiger partial charge is 0.394 e. The Labute approximate surface area is 114 Å². The van der Waals surface area contributed by atoms with Gasteiger partial charge in [-0.05, 0) is 40.2 Å². The van der Waals surface area contributed by atoms with Crippen LogP contribution in [0.3, 0.4) is 0 Å². The molecule has 0 spiro atoms. The number of hydrogen-bond acceptors (Lipinski definition) is 2. The predicted octanol–water partition coefficient (Wildman–Crippen LogP) is 4.82. The van der Waals surface area contributed by atoms with E-state index in [-0.39, 0.29) is 6.10 Å². The van der Waals surface area contributed by atoms with Crippen molar-refractivity contribution in [2.45, 2.75) is 65.7 Å². The van der Waals surface area contributed by atoms with Crippen LogP contribution in [0.4, 0.5) is 0 Å². The summed E-state index contributed by atoms with van der Waals surface area (Å²) in [7, 11) is -2.05. The van der Waals surface area contributed by atoms with Crippen molar-refractivity contribution < 1.29 is 8.85 Å². The van der Waals surface area contributed by atoms with E-state index in [1.54, 1.807) is 0 Å². The van der Waals surface area contributed by atoms with Crippen LogP contribution in [0.25, 0.3) is 0 Å². The lowest BCUT2D eigenvalue weighted by Crippen LogP contribution is -2.44. The minimum Gasteiger partial charge on any atom is -0.394 e. The molecule has 0 heterocycles. The molecular formula is C15H30O2Si. The van der Waals surface area contributed by atoms with Crippen molar-refractivity contribution in [3.63, 3.8) is 0 Å². The first kappa shape index (κ1) is 17.6. The van der Waals surface area contributed by atoms with Gasteiger partial charge in [0.1, 0.15) is 0 Å². The van der Waals surface area contributed by atoms with E-state index < -0.39 is 8.56 Å². The van der Waals surface area contributed by atoms with Crippen molar-refractivity contribution in [1.82, 2.24) is 0 Å². The first-order chi connectivity index (χ1) is 8.64. The van der Waals surface area contributed by atoms with Crippen LogP contribution in [0.1, 0.15) is 47.5 Å². The Hall–Kier alpha value is -0.383. The van der Waals surface area contributed by atoms with Gasteiger partial charge >= 0.3 is 8.56 Å². The molecule has 0 rings (SSSR count). The minimum absolute atomic E-state index is 0.247. The standard InChI is InChI=1S/C15H30O2Si/c1-6-10-12-15(5)17-18(13-8-3,16-9-4)14-11-7-2/h6-7,10-11,15H,8-9,12-14H2,1-5H3. The van der Waals surface area contributed by atoms with E-state index in [0.29, 0.717) is 0 Å². The van der Waals surface area contributed by atoms with Crippen molar-refractivity contribution in [3.8, 4) is 0 Å². The smallest absolute Gasteiger partial charge is 0.342 e. The Kier molecular flexibility index (Phi) is 10.3. The number of allylic oxidation sites excluding steroid dienone is 3. The normalized spacial score (nSPS) is 17.4. The average Bonchev–Trinajstić information content (AvgIpc) is 2.34. The van der Waals surface area contributed by atoms with Crippen LogP contribution < -0.4 is 0 Å². The topological polar surface area (TPSA) is 18.5 Å². The fourth-order valence-corrected chi connectivity index (χ4v) is 5.52. The van der Waals surface area contributed by atoms with E-state index >= 15 is 0 Å². The molecule has 0 aromatic rings. The summed E-state index contributed by atoms with van der Waals surface area (Å²) in [6.45, 7) is 11.3. The first-order valence-electron chi connectivity index (χ1n) is 7.18. The second-order valence-electron chi connectivity index (χ2n) is 4.60. The third-order valence-electron chi connectivity index (χ3n) is 2.82. The summed E-state index contributed by atoms with van der Waals surface area (Å²) < 4.78 is 12.4. The van der Waals surface area contributed by atoms with Crippen molar-refractivity contribution in [1.29, 1.82) is 0 Å². The highest BCUT2D eigenvalue weighted by Gasteiger charge is 2.36. The Balaban J connectivity index is 4.67. The molecule has 0 aromatic carbocycles. The van der Waals surface area contributed by atoms with Crippen molar-refractivity contribution >= 4 is 8.56 Å². The third kappa shape index (κ3) is 7.14. The van der Waals surface area contributed by atoms with Crippen molar-refractivity contribution in [2.24, 2.45) is 0 Å². The second kappa shape index (κ2) is 10.5. The van der Waals surface area contributed by atoms with Gasteiger partial charge in [-0.3, -0.25) is 0 Å². The van der Waals surface area contributed by atoms with Crippen LogP contribution in [0.15, 0.2) is 24.3 Å². The SMILES string of the molecule is CC=CCC(C)O[Si](CC=CC)(CCC)OCC. The Morgan fingerprint density at radius 2 is 1.78 bits per heavy atom. The summed E-state index contributed by atoms with van der Waals surface area (Å²) in [5.41, 5.74) is 0. The molecule has 2 unspecified atom stereocenters. The predicted molar refractivity (Wildman–Crippen MR) is 82.1 cm³/mol.